The number of benzene rings is 1. The van der Waals surface area contributed by atoms with Crippen LogP contribution in [-0.2, 0) is 12.8 Å². The normalized spacial score (nSPS) is 10.8. The molecular formula is C17H28O. The zero-order valence-electron chi connectivity index (χ0n) is 12.0. The molecule has 0 aliphatic heterocycles. The van der Waals surface area contributed by atoms with Gasteiger partial charge in [-0.05, 0) is 42.9 Å². The van der Waals surface area contributed by atoms with Crippen LogP contribution in [0.1, 0.15) is 69.9 Å². The van der Waals surface area contributed by atoms with Gasteiger partial charge in [-0.25, -0.2) is 0 Å². The van der Waals surface area contributed by atoms with Crippen molar-refractivity contribution >= 4 is 0 Å². The quantitative estimate of drug-likeness (QED) is 0.592. The van der Waals surface area contributed by atoms with Crippen molar-refractivity contribution in [1.29, 1.82) is 0 Å². The summed E-state index contributed by atoms with van der Waals surface area (Å²) < 4.78 is 0. The maximum absolute atomic E-state index is 9.96. The van der Waals surface area contributed by atoms with Crippen LogP contribution in [0.15, 0.2) is 18.2 Å². The summed E-state index contributed by atoms with van der Waals surface area (Å²) in [5, 5.41) is 9.96. The van der Waals surface area contributed by atoms with Crippen LogP contribution >= 0.6 is 0 Å². The molecule has 0 saturated heterocycles. The van der Waals surface area contributed by atoms with Gasteiger partial charge in [-0.15, -0.1) is 0 Å². The van der Waals surface area contributed by atoms with E-state index in [-0.39, 0.29) is 0 Å². The monoisotopic (exact) mass is 248 g/mol. The summed E-state index contributed by atoms with van der Waals surface area (Å²) in [7, 11) is 0. The molecule has 0 amide bonds. The molecule has 0 fully saturated rings. The van der Waals surface area contributed by atoms with Gasteiger partial charge in [-0.3, -0.25) is 0 Å². The number of aromatic hydroxyl groups is 1. The second kappa shape index (κ2) is 9.02. The molecule has 1 aromatic rings. The number of aryl methyl sites for hydroxylation is 1. The summed E-state index contributed by atoms with van der Waals surface area (Å²) in [5.41, 5.74) is 2.55. The molecular weight excluding hydrogens is 220 g/mol. The Morgan fingerprint density at radius 1 is 0.833 bits per heavy atom. The SMILES string of the molecule is CCCCCCCc1cccc(O)c1CCCC. The van der Waals surface area contributed by atoms with Crippen molar-refractivity contribution in [1.82, 2.24) is 0 Å². The van der Waals surface area contributed by atoms with Crippen molar-refractivity contribution in [3.8, 4) is 5.75 Å². The van der Waals surface area contributed by atoms with Gasteiger partial charge in [0.2, 0.25) is 0 Å². The molecule has 0 unspecified atom stereocenters. The Hall–Kier alpha value is -0.980. The molecule has 0 saturated carbocycles. The molecule has 0 radical (unpaired) electrons. The van der Waals surface area contributed by atoms with E-state index in [0.717, 1.165) is 12.8 Å². The van der Waals surface area contributed by atoms with Crippen LogP contribution in [0.3, 0.4) is 0 Å². The highest BCUT2D eigenvalue weighted by molar-refractivity contribution is 5.39. The lowest BCUT2D eigenvalue weighted by molar-refractivity contribution is 0.465. The predicted molar refractivity (Wildman–Crippen MR) is 79.2 cm³/mol. The first-order chi connectivity index (χ1) is 8.79. The van der Waals surface area contributed by atoms with E-state index in [4.69, 9.17) is 0 Å². The Labute approximate surface area is 112 Å². The second-order valence-corrected chi connectivity index (χ2v) is 5.18. The molecule has 0 heterocycles. The largest absolute Gasteiger partial charge is 0.508 e. The van der Waals surface area contributed by atoms with Gasteiger partial charge in [0, 0.05) is 0 Å². The summed E-state index contributed by atoms with van der Waals surface area (Å²) in [5.74, 6) is 0.495. The average molecular weight is 248 g/mol. The number of phenolic OH excluding ortho intramolecular Hbond substituents is 1. The van der Waals surface area contributed by atoms with Crippen LogP contribution in [0, 0.1) is 0 Å². The van der Waals surface area contributed by atoms with Crippen LogP contribution < -0.4 is 0 Å². The molecule has 18 heavy (non-hydrogen) atoms. The molecule has 1 heteroatoms. The summed E-state index contributed by atoms with van der Waals surface area (Å²) in [6, 6.07) is 5.99. The molecule has 0 aromatic heterocycles. The van der Waals surface area contributed by atoms with Crippen LogP contribution in [0.2, 0.25) is 0 Å². The molecule has 1 aromatic carbocycles. The smallest absolute Gasteiger partial charge is 0.119 e. The van der Waals surface area contributed by atoms with Crippen LogP contribution in [0.5, 0.6) is 5.75 Å². The lowest BCUT2D eigenvalue weighted by Crippen LogP contribution is -1.96. The topological polar surface area (TPSA) is 20.2 Å². The zero-order valence-corrected chi connectivity index (χ0v) is 12.0. The third kappa shape index (κ3) is 5.12. The summed E-state index contributed by atoms with van der Waals surface area (Å²) in [6.07, 6.45) is 11.1. The number of hydrogen-bond donors (Lipinski definition) is 1. The lowest BCUT2D eigenvalue weighted by Gasteiger charge is -2.11. The molecule has 1 N–H and O–H groups in total. The van der Waals surface area contributed by atoms with Gasteiger partial charge in [-0.1, -0.05) is 58.1 Å². The third-order valence-corrected chi connectivity index (χ3v) is 3.58. The first-order valence-corrected chi connectivity index (χ1v) is 7.59. The highest BCUT2D eigenvalue weighted by Crippen LogP contribution is 2.24. The highest BCUT2D eigenvalue weighted by atomic mass is 16.3. The van der Waals surface area contributed by atoms with Crippen molar-refractivity contribution in [2.24, 2.45) is 0 Å². The molecule has 0 aliphatic rings. The fraction of sp³-hybridized carbons (Fsp3) is 0.647. The van der Waals surface area contributed by atoms with Gasteiger partial charge in [0.25, 0.3) is 0 Å². The van der Waals surface area contributed by atoms with Gasteiger partial charge >= 0.3 is 0 Å². The van der Waals surface area contributed by atoms with Crippen LogP contribution in [-0.4, -0.2) is 5.11 Å². The van der Waals surface area contributed by atoms with E-state index < -0.39 is 0 Å². The second-order valence-electron chi connectivity index (χ2n) is 5.18. The number of hydrogen-bond acceptors (Lipinski definition) is 1. The van der Waals surface area contributed by atoms with Gasteiger partial charge < -0.3 is 5.11 Å². The fourth-order valence-corrected chi connectivity index (χ4v) is 2.42. The van der Waals surface area contributed by atoms with Gasteiger partial charge in [-0.2, -0.15) is 0 Å². The van der Waals surface area contributed by atoms with Crippen molar-refractivity contribution in [2.45, 2.75) is 71.6 Å². The molecule has 102 valence electrons. The summed E-state index contributed by atoms with van der Waals surface area (Å²) in [6.45, 7) is 4.45. The van der Waals surface area contributed by atoms with Crippen molar-refractivity contribution in [3.05, 3.63) is 29.3 Å². The molecule has 0 aliphatic carbocycles. The van der Waals surface area contributed by atoms with E-state index in [1.807, 2.05) is 12.1 Å². The van der Waals surface area contributed by atoms with Gasteiger partial charge in [0.1, 0.15) is 5.75 Å². The van der Waals surface area contributed by atoms with Crippen LogP contribution in [0.4, 0.5) is 0 Å². The van der Waals surface area contributed by atoms with Crippen molar-refractivity contribution in [2.75, 3.05) is 0 Å². The summed E-state index contributed by atoms with van der Waals surface area (Å²) >= 11 is 0. The number of rotatable bonds is 9. The van der Waals surface area contributed by atoms with Crippen molar-refractivity contribution in [3.63, 3.8) is 0 Å². The van der Waals surface area contributed by atoms with E-state index >= 15 is 0 Å². The molecule has 0 bridgehead atoms. The van der Waals surface area contributed by atoms with E-state index in [0.29, 0.717) is 5.75 Å². The molecule has 1 rings (SSSR count). The van der Waals surface area contributed by atoms with E-state index in [9.17, 15) is 5.11 Å². The minimum absolute atomic E-state index is 0.495. The fourth-order valence-electron chi connectivity index (χ4n) is 2.42. The Morgan fingerprint density at radius 3 is 2.28 bits per heavy atom. The number of phenols is 1. The van der Waals surface area contributed by atoms with Gasteiger partial charge in [0.05, 0.1) is 0 Å². The van der Waals surface area contributed by atoms with Crippen molar-refractivity contribution < 1.29 is 5.11 Å². The zero-order chi connectivity index (χ0) is 13.2. The molecule has 1 nitrogen and oxygen atoms in total. The Bertz CT molecular complexity index is 330. The first kappa shape index (κ1) is 15.1. The number of unbranched alkanes of at least 4 members (excludes halogenated alkanes) is 5. The Kier molecular flexibility index (Phi) is 7.55. The highest BCUT2D eigenvalue weighted by Gasteiger charge is 2.06. The Balaban J connectivity index is 2.50. The van der Waals surface area contributed by atoms with E-state index in [1.54, 1.807) is 0 Å². The molecule has 0 atom stereocenters. The maximum Gasteiger partial charge on any atom is 0.119 e. The minimum Gasteiger partial charge on any atom is -0.508 e. The third-order valence-electron chi connectivity index (χ3n) is 3.58. The minimum atomic E-state index is 0.495. The first-order valence-electron chi connectivity index (χ1n) is 7.59. The average Bonchev–Trinajstić information content (AvgIpc) is 2.38. The Morgan fingerprint density at radius 2 is 1.56 bits per heavy atom. The summed E-state index contributed by atoms with van der Waals surface area (Å²) in [4.78, 5) is 0. The molecule has 0 spiro atoms. The predicted octanol–water partition coefficient (Wildman–Crippen LogP) is 5.25. The lowest BCUT2D eigenvalue weighted by atomic mass is 9.96. The van der Waals surface area contributed by atoms with Crippen LogP contribution in [0.25, 0.3) is 0 Å². The van der Waals surface area contributed by atoms with E-state index in [1.165, 1.54) is 56.1 Å². The standard InChI is InChI=1S/C17H28O/c1-3-5-7-8-9-11-15-12-10-14-17(18)16(15)13-6-4-2/h10,12,14,18H,3-9,11,13H2,1-2H3. The van der Waals surface area contributed by atoms with E-state index in [2.05, 4.69) is 19.9 Å². The van der Waals surface area contributed by atoms with Gasteiger partial charge in [0.15, 0.2) is 0 Å². The maximum atomic E-state index is 9.96.